The van der Waals surface area contributed by atoms with Crippen LogP contribution in [0.4, 0.5) is 0 Å². The SMILES string of the molecule is CCC(CCCCc1cn(C)c(CCCCC(CC)C(=O)[O-])n1)C(=O)[O-].[Zn+2]. The van der Waals surface area contributed by atoms with E-state index in [4.69, 9.17) is 0 Å². The van der Waals surface area contributed by atoms with Crippen molar-refractivity contribution in [2.75, 3.05) is 0 Å². The molecule has 0 aliphatic rings. The number of aliphatic carboxylic acids is 2. The van der Waals surface area contributed by atoms with Crippen LogP contribution in [-0.4, -0.2) is 21.5 Å². The summed E-state index contributed by atoms with van der Waals surface area (Å²) < 4.78 is 2.03. The molecule has 148 valence electrons. The molecule has 27 heavy (non-hydrogen) atoms. The van der Waals surface area contributed by atoms with Crippen LogP contribution in [0.3, 0.4) is 0 Å². The molecule has 0 radical (unpaired) electrons. The van der Waals surface area contributed by atoms with Gasteiger partial charge >= 0.3 is 19.5 Å². The molecular weight excluding hydrogens is 398 g/mol. The minimum absolute atomic E-state index is 0. The second-order valence-electron chi connectivity index (χ2n) is 7.10. The Hall–Kier alpha value is -1.23. The normalized spacial score (nSPS) is 13.0. The van der Waals surface area contributed by atoms with E-state index in [1.807, 2.05) is 31.7 Å². The van der Waals surface area contributed by atoms with Crippen LogP contribution in [0.5, 0.6) is 0 Å². The summed E-state index contributed by atoms with van der Waals surface area (Å²) in [6.07, 6.45) is 9.82. The number of imidazole rings is 1. The zero-order valence-electron chi connectivity index (χ0n) is 17.0. The Bertz CT molecular complexity index is 574. The third-order valence-corrected chi connectivity index (χ3v) is 5.11. The van der Waals surface area contributed by atoms with Crippen molar-refractivity contribution in [3.8, 4) is 0 Å². The quantitative estimate of drug-likeness (QED) is 0.329. The van der Waals surface area contributed by atoms with E-state index in [1.54, 1.807) is 0 Å². The molecule has 0 amide bonds. The van der Waals surface area contributed by atoms with Gasteiger partial charge < -0.3 is 24.4 Å². The van der Waals surface area contributed by atoms with Crippen LogP contribution in [0.15, 0.2) is 6.20 Å². The molecule has 1 aromatic rings. The van der Waals surface area contributed by atoms with Gasteiger partial charge in [-0.15, -0.1) is 0 Å². The van der Waals surface area contributed by atoms with Gasteiger partial charge in [-0.1, -0.05) is 26.7 Å². The summed E-state index contributed by atoms with van der Waals surface area (Å²) in [5.41, 5.74) is 1.03. The minimum Gasteiger partial charge on any atom is -0.550 e. The molecule has 6 nitrogen and oxygen atoms in total. The number of carboxylic acid groups (broad SMARTS) is 2. The van der Waals surface area contributed by atoms with Gasteiger partial charge in [-0.2, -0.15) is 0 Å². The smallest absolute Gasteiger partial charge is 0.550 e. The number of hydrogen-bond acceptors (Lipinski definition) is 5. The maximum absolute atomic E-state index is 10.9. The Morgan fingerprint density at radius 3 is 1.89 bits per heavy atom. The minimum atomic E-state index is -0.948. The first-order valence-electron chi connectivity index (χ1n) is 9.81. The van der Waals surface area contributed by atoms with Crippen molar-refractivity contribution >= 4 is 11.9 Å². The molecule has 0 aliphatic carbocycles. The molecule has 1 heterocycles. The molecule has 0 spiro atoms. The molecule has 1 rings (SSSR count). The monoisotopic (exact) mass is 428 g/mol. The molecule has 0 N–H and O–H groups in total. The summed E-state index contributed by atoms with van der Waals surface area (Å²) in [5.74, 6) is -1.57. The van der Waals surface area contributed by atoms with E-state index in [2.05, 4.69) is 4.98 Å². The van der Waals surface area contributed by atoms with E-state index in [9.17, 15) is 19.8 Å². The summed E-state index contributed by atoms with van der Waals surface area (Å²) in [5, 5.41) is 21.8. The average molecular weight is 430 g/mol. The molecule has 1 aromatic heterocycles. The van der Waals surface area contributed by atoms with Crippen molar-refractivity contribution < 1.29 is 39.3 Å². The summed E-state index contributed by atoms with van der Waals surface area (Å²) in [6.45, 7) is 3.75. The van der Waals surface area contributed by atoms with Crippen molar-refractivity contribution in [3.63, 3.8) is 0 Å². The molecule has 0 saturated heterocycles. The average Bonchev–Trinajstić information content (AvgIpc) is 2.94. The zero-order chi connectivity index (χ0) is 19.5. The number of aryl methyl sites for hydroxylation is 3. The number of unbranched alkanes of at least 4 members (excludes halogenated alkanes) is 2. The van der Waals surface area contributed by atoms with Gasteiger partial charge in [-0.05, 0) is 56.8 Å². The second kappa shape index (κ2) is 13.9. The van der Waals surface area contributed by atoms with E-state index in [0.29, 0.717) is 25.7 Å². The largest absolute Gasteiger partial charge is 2.00 e. The number of carbonyl (C=O) groups excluding carboxylic acids is 2. The molecule has 0 bridgehead atoms. The van der Waals surface area contributed by atoms with Gasteiger partial charge in [0, 0.05) is 31.6 Å². The number of carbonyl (C=O) groups is 2. The van der Waals surface area contributed by atoms with Gasteiger partial charge in [0.15, 0.2) is 0 Å². The summed E-state index contributed by atoms with van der Waals surface area (Å²) >= 11 is 0. The van der Waals surface area contributed by atoms with E-state index in [-0.39, 0.29) is 31.3 Å². The molecule has 0 aromatic carbocycles. The van der Waals surface area contributed by atoms with Gasteiger partial charge in [0.25, 0.3) is 0 Å². The Balaban J connectivity index is 0.00000676. The van der Waals surface area contributed by atoms with Gasteiger partial charge in [0.2, 0.25) is 0 Å². The van der Waals surface area contributed by atoms with E-state index < -0.39 is 11.9 Å². The summed E-state index contributed by atoms with van der Waals surface area (Å²) in [7, 11) is 1.98. The zero-order valence-corrected chi connectivity index (χ0v) is 20.0. The Morgan fingerprint density at radius 1 is 0.963 bits per heavy atom. The van der Waals surface area contributed by atoms with Crippen LogP contribution in [-0.2, 0) is 49.0 Å². The van der Waals surface area contributed by atoms with Gasteiger partial charge in [0.1, 0.15) is 5.82 Å². The van der Waals surface area contributed by atoms with Crippen LogP contribution < -0.4 is 10.2 Å². The molecule has 0 aliphatic heterocycles. The van der Waals surface area contributed by atoms with Crippen molar-refractivity contribution in [2.24, 2.45) is 18.9 Å². The predicted molar refractivity (Wildman–Crippen MR) is 95.9 cm³/mol. The third-order valence-electron chi connectivity index (χ3n) is 5.11. The van der Waals surface area contributed by atoms with Crippen molar-refractivity contribution in [1.29, 1.82) is 0 Å². The van der Waals surface area contributed by atoms with E-state index in [0.717, 1.165) is 50.0 Å². The van der Waals surface area contributed by atoms with Crippen molar-refractivity contribution in [1.82, 2.24) is 9.55 Å². The number of nitrogens with zero attached hydrogens (tertiary/aromatic N) is 2. The fourth-order valence-corrected chi connectivity index (χ4v) is 3.27. The van der Waals surface area contributed by atoms with Gasteiger partial charge in [-0.3, -0.25) is 0 Å². The fraction of sp³-hybridized carbons (Fsp3) is 0.750. The van der Waals surface area contributed by atoms with Gasteiger partial charge in [0.05, 0.1) is 5.69 Å². The summed E-state index contributed by atoms with van der Waals surface area (Å²) in [4.78, 5) is 26.5. The maximum atomic E-state index is 10.9. The number of aromatic nitrogens is 2. The van der Waals surface area contributed by atoms with Crippen LogP contribution in [0.2, 0.25) is 0 Å². The van der Waals surface area contributed by atoms with Crippen molar-refractivity contribution in [3.05, 3.63) is 17.7 Å². The predicted octanol–water partition coefficient (Wildman–Crippen LogP) is 1.40. The first-order valence-corrected chi connectivity index (χ1v) is 9.81. The second-order valence-corrected chi connectivity index (χ2v) is 7.10. The van der Waals surface area contributed by atoms with Crippen LogP contribution in [0.1, 0.15) is 76.7 Å². The Kier molecular flexibility index (Phi) is 13.2. The van der Waals surface area contributed by atoms with Crippen LogP contribution in [0, 0.1) is 11.8 Å². The fourth-order valence-electron chi connectivity index (χ4n) is 3.27. The molecule has 2 atom stereocenters. The Morgan fingerprint density at radius 2 is 1.44 bits per heavy atom. The standard InChI is InChI=1S/C20H34N2O4.Zn/c1-4-15(19(23)24)10-6-8-12-17-14-22(3)18(21-17)13-9-7-11-16(5-2)20(25)26;/h14-16H,4-13H2,1-3H3,(H,23,24)(H,25,26);/q;+2/p-2. The molecule has 2 unspecified atom stereocenters. The molecule has 7 heteroatoms. The first-order chi connectivity index (χ1) is 12.4. The Labute approximate surface area is 175 Å². The third kappa shape index (κ3) is 9.50. The number of hydrogen-bond donors (Lipinski definition) is 0. The topological polar surface area (TPSA) is 98.1 Å². The van der Waals surface area contributed by atoms with Crippen molar-refractivity contribution in [2.45, 2.75) is 78.1 Å². The van der Waals surface area contributed by atoms with Gasteiger partial charge in [-0.25, -0.2) is 4.98 Å². The molecular formula is C20H32N2O4Zn. The first kappa shape index (κ1) is 25.8. The molecule has 0 saturated carbocycles. The summed E-state index contributed by atoms with van der Waals surface area (Å²) in [6, 6.07) is 0. The van der Waals surface area contributed by atoms with Crippen LogP contribution in [0.25, 0.3) is 0 Å². The number of carboxylic acids is 2. The van der Waals surface area contributed by atoms with E-state index in [1.165, 1.54) is 0 Å². The molecule has 0 fully saturated rings. The number of rotatable bonds is 14. The van der Waals surface area contributed by atoms with Crippen LogP contribution >= 0.6 is 0 Å². The van der Waals surface area contributed by atoms with E-state index >= 15 is 0 Å². The maximum Gasteiger partial charge on any atom is 2.00 e.